The Labute approximate surface area is 123 Å². The summed E-state index contributed by atoms with van der Waals surface area (Å²) < 4.78 is 0. The number of carbonyl (C=O) groups is 1. The first-order valence-electron chi connectivity index (χ1n) is 8.58. The summed E-state index contributed by atoms with van der Waals surface area (Å²) >= 11 is 0. The van der Waals surface area contributed by atoms with Gasteiger partial charge in [-0.1, -0.05) is 51.4 Å². The van der Waals surface area contributed by atoms with Gasteiger partial charge in [0.25, 0.3) is 0 Å². The van der Waals surface area contributed by atoms with Gasteiger partial charge in [-0.25, -0.2) is 0 Å². The van der Waals surface area contributed by atoms with E-state index in [1.54, 1.807) is 6.92 Å². The first-order chi connectivity index (χ1) is 9.66. The highest BCUT2D eigenvalue weighted by Crippen LogP contribution is 2.31. The van der Waals surface area contributed by atoms with Crippen LogP contribution in [0.2, 0.25) is 0 Å². The molecule has 0 atom stereocenters. The minimum absolute atomic E-state index is 0.167. The van der Waals surface area contributed by atoms with E-state index in [2.05, 4.69) is 0 Å². The Hall–Kier alpha value is -0.790. The van der Waals surface area contributed by atoms with Gasteiger partial charge in [-0.2, -0.15) is 0 Å². The zero-order valence-electron chi connectivity index (χ0n) is 13.0. The quantitative estimate of drug-likeness (QED) is 0.505. The molecule has 0 spiro atoms. The third-order valence-electron chi connectivity index (χ3n) is 5.37. The fourth-order valence-electron chi connectivity index (χ4n) is 3.81. The maximum absolute atomic E-state index is 12.1. The van der Waals surface area contributed by atoms with E-state index in [0.717, 1.165) is 24.7 Å². The van der Waals surface area contributed by atoms with Gasteiger partial charge in [0.1, 0.15) is 0 Å². The summed E-state index contributed by atoms with van der Waals surface area (Å²) in [5.74, 6) is 2.06. The van der Waals surface area contributed by atoms with Crippen molar-refractivity contribution in [2.24, 2.45) is 11.8 Å². The van der Waals surface area contributed by atoms with E-state index >= 15 is 0 Å². The second-order valence-electron chi connectivity index (χ2n) is 6.87. The molecule has 0 radical (unpaired) electrons. The van der Waals surface area contributed by atoms with E-state index < -0.39 is 0 Å². The van der Waals surface area contributed by atoms with Crippen molar-refractivity contribution in [1.82, 2.24) is 0 Å². The highest BCUT2D eigenvalue weighted by atomic mass is 16.3. The lowest BCUT2D eigenvalue weighted by Crippen LogP contribution is -2.06. The van der Waals surface area contributed by atoms with Crippen molar-refractivity contribution in [3.8, 4) is 0 Å². The molecule has 0 bridgehead atoms. The minimum atomic E-state index is 0.167. The van der Waals surface area contributed by atoms with Crippen molar-refractivity contribution in [1.29, 1.82) is 0 Å². The van der Waals surface area contributed by atoms with Crippen molar-refractivity contribution in [2.75, 3.05) is 0 Å². The standard InChI is InChI=1S/C18H30O2/c1-14(17(19)12-10-15-6-2-3-7-15)18(20)13-11-16-8-4-5-9-16/h15-16,19H,2-13H2,1H3/b17-14-. The van der Waals surface area contributed by atoms with Crippen molar-refractivity contribution in [2.45, 2.75) is 84.0 Å². The number of Topliss-reactive ketones (excluding diaryl/α,β-unsaturated/α-hetero) is 1. The number of hydrogen-bond acceptors (Lipinski definition) is 2. The summed E-state index contributed by atoms with van der Waals surface area (Å²) in [4.78, 5) is 12.1. The van der Waals surface area contributed by atoms with E-state index in [4.69, 9.17) is 0 Å². The highest BCUT2D eigenvalue weighted by Gasteiger charge is 2.19. The Morgan fingerprint density at radius 1 is 0.900 bits per heavy atom. The Morgan fingerprint density at radius 2 is 1.35 bits per heavy atom. The molecule has 0 aliphatic heterocycles. The van der Waals surface area contributed by atoms with Crippen molar-refractivity contribution in [3.05, 3.63) is 11.3 Å². The van der Waals surface area contributed by atoms with E-state index in [9.17, 15) is 9.90 Å². The lowest BCUT2D eigenvalue weighted by atomic mass is 9.95. The summed E-state index contributed by atoms with van der Waals surface area (Å²) in [6.45, 7) is 1.81. The molecular formula is C18H30O2. The van der Waals surface area contributed by atoms with Crippen LogP contribution in [-0.4, -0.2) is 10.9 Å². The SMILES string of the molecule is C/C(C(=O)CCC1CCCC1)=C(/O)CCC1CCCC1. The van der Waals surface area contributed by atoms with Crippen molar-refractivity contribution >= 4 is 5.78 Å². The van der Waals surface area contributed by atoms with Crippen molar-refractivity contribution in [3.63, 3.8) is 0 Å². The van der Waals surface area contributed by atoms with Crippen LogP contribution in [0.25, 0.3) is 0 Å². The van der Waals surface area contributed by atoms with Gasteiger partial charge in [0, 0.05) is 18.4 Å². The van der Waals surface area contributed by atoms with E-state index in [1.807, 2.05) is 0 Å². The summed E-state index contributed by atoms with van der Waals surface area (Å²) in [6.07, 6.45) is 14.0. The van der Waals surface area contributed by atoms with E-state index in [1.165, 1.54) is 51.4 Å². The number of hydrogen-bond donors (Lipinski definition) is 1. The summed E-state index contributed by atoms with van der Waals surface area (Å²) in [5, 5.41) is 10.1. The summed E-state index contributed by atoms with van der Waals surface area (Å²) in [7, 11) is 0. The Bertz CT molecular complexity index is 344. The molecule has 2 rings (SSSR count). The van der Waals surface area contributed by atoms with Crippen LogP contribution in [0.3, 0.4) is 0 Å². The number of carbonyl (C=O) groups excluding carboxylic acids is 1. The van der Waals surface area contributed by atoms with E-state index in [-0.39, 0.29) is 5.78 Å². The molecule has 2 nitrogen and oxygen atoms in total. The number of allylic oxidation sites excluding steroid dienone is 2. The molecule has 0 aromatic carbocycles. The van der Waals surface area contributed by atoms with Gasteiger partial charge in [-0.15, -0.1) is 0 Å². The molecule has 2 aliphatic rings. The molecule has 0 aromatic rings. The molecule has 2 heteroatoms. The number of aliphatic hydroxyl groups is 1. The molecule has 2 aliphatic carbocycles. The van der Waals surface area contributed by atoms with Crippen LogP contribution in [0.4, 0.5) is 0 Å². The van der Waals surface area contributed by atoms with Gasteiger partial charge in [-0.3, -0.25) is 4.79 Å². The molecule has 114 valence electrons. The summed E-state index contributed by atoms with van der Waals surface area (Å²) in [6, 6.07) is 0. The van der Waals surface area contributed by atoms with Gasteiger partial charge in [0.05, 0.1) is 5.76 Å². The normalized spacial score (nSPS) is 22.2. The van der Waals surface area contributed by atoms with Gasteiger partial charge < -0.3 is 5.11 Å². The second kappa shape index (κ2) is 7.85. The van der Waals surface area contributed by atoms with Crippen molar-refractivity contribution < 1.29 is 9.90 Å². The first-order valence-corrected chi connectivity index (χ1v) is 8.58. The Balaban J connectivity index is 1.72. The van der Waals surface area contributed by atoms with E-state index in [0.29, 0.717) is 24.2 Å². The smallest absolute Gasteiger partial charge is 0.161 e. The Kier molecular flexibility index (Phi) is 6.12. The maximum Gasteiger partial charge on any atom is 0.161 e. The molecule has 2 saturated carbocycles. The molecule has 20 heavy (non-hydrogen) atoms. The fraction of sp³-hybridized carbons (Fsp3) is 0.833. The molecule has 1 N–H and O–H groups in total. The number of rotatable bonds is 7. The lowest BCUT2D eigenvalue weighted by molar-refractivity contribution is -0.116. The van der Waals surface area contributed by atoms with Crippen LogP contribution in [0, 0.1) is 11.8 Å². The van der Waals surface area contributed by atoms with Crippen LogP contribution < -0.4 is 0 Å². The molecule has 0 heterocycles. The largest absolute Gasteiger partial charge is 0.512 e. The number of ketones is 1. The topological polar surface area (TPSA) is 37.3 Å². The summed E-state index contributed by atoms with van der Waals surface area (Å²) in [5.41, 5.74) is 0.626. The monoisotopic (exact) mass is 278 g/mol. The van der Waals surface area contributed by atoms with Crippen LogP contribution in [0.15, 0.2) is 11.3 Å². The van der Waals surface area contributed by atoms with Crippen LogP contribution in [0.1, 0.15) is 84.0 Å². The highest BCUT2D eigenvalue weighted by molar-refractivity contribution is 5.95. The molecule has 0 saturated heterocycles. The molecule has 0 aromatic heterocycles. The Morgan fingerprint density at radius 3 is 1.85 bits per heavy atom. The predicted molar refractivity (Wildman–Crippen MR) is 82.7 cm³/mol. The third kappa shape index (κ3) is 4.64. The lowest BCUT2D eigenvalue weighted by Gasteiger charge is -2.11. The van der Waals surface area contributed by atoms with Gasteiger partial charge >= 0.3 is 0 Å². The zero-order chi connectivity index (χ0) is 14.4. The average molecular weight is 278 g/mol. The third-order valence-corrected chi connectivity index (χ3v) is 5.37. The predicted octanol–water partition coefficient (Wildman–Crippen LogP) is 5.33. The molecule has 0 unspecified atom stereocenters. The minimum Gasteiger partial charge on any atom is -0.512 e. The van der Waals surface area contributed by atoms with Crippen LogP contribution in [-0.2, 0) is 4.79 Å². The van der Waals surface area contributed by atoms with Gasteiger partial charge in [-0.05, 0) is 31.6 Å². The van der Waals surface area contributed by atoms with Gasteiger partial charge in [0.2, 0.25) is 0 Å². The van der Waals surface area contributed by atoms with Crippen LogP contribution in [0.5, 0.6) is 0 Å². The van der Waals surface area contributed by atoms with Gasteiger partial charge in [0.15, 0.2) is 5.78 Å². The average Bonchev–Trinajstić information content (AvgIpc) is 3.14. The first kappa shape index (κ1) is 15.6. The second-order valence-corrected chi connectivity index (χ2v) is 6.87. The zero-order valence-corrected chi connectivity index (χ0v) is 13.0. The maximum atomic E-state index is 12.1. The molecule has 2 fully saturated rings. The fourth-order valence-corrected chi connectivity index (χ4v) is 3.81. The van der Waals surface area contributed by atoms with Crippen LogP contribution >= 0.6 is 0 Å². The molecular weight excluding hydrogens is 248 g/mol. The number of aliphatic hydroxyl groups excluding tert-OH is 1. The molecule has 0 amide bonds.